The van der Waals surface area contributed by atoms with Gasteiger partial charge in [0.05, 0.1) is 18.4 Å². The lowest BCUT2D eigenvalue weighted by Gasteiger charge is -2.27. The van der Waals surface area contributed by atoms with Gasteiger partial charge in [0.1, 0.15) is 0 Å². The highest BCUT2D eigenvalue weighted by molar-refractivity contribution is 7.90. The quantitative estimate of drug-likeness (QED) is 0.504. The molecule has 140 valence electrons. The van der Waals surface area contributed by atoms with Crippen molar-refractivity contribution < 1.29 is 23.4 Å². The monoisotopic (exact) mass is 381 g/mol. The van der Waals surface area contributed by atoms with Gasteiger partial charge in [0, 0.05) is 32.3 Å². The Kier molecular flexibility index (Phi) is 4.63. The van der Waals surface area contributed by atoms with Crippen LogP contribution in [0.4, 0.5) is 0 Å². The highest BCUT2D eigenvalue weighted by atomic mass is 32.2. The van der Waals surface area contributed by atoms with Crippen LogP contribution in [0.5, 0.6) is 17.2 Å². The number of methoxy groups -OCH3 is 1. The fraction of sp³-hybridized carbons (Fsp3) is 0.375. The molecule has 0 spiro atoms. The minimum Gasteiger partial charge on any atom is -0.504 e. The molecule has 1 aromatic heterocycles. The number of aromatic amines is 1. The van der Waals surface area contributed by atoms with E-state index in [1.165, 1.54) is 13.2 Å². The van der Waals surface area contributed by atoms with Crippen molar-refractivity contribution in [2.24, 2.45) is 0 Å². The number of nitrogens with one attached hydrogen (secondary N) is 1. The summed E-state index contributed by atoms with van der Waals surface area (Å²) in [5.41, 5.74) is 1.15. The van der Waals surface area contributed by atoms with Crippen molar-refractivity contribution in [2.45, 2.75) is 24.7 Å². The van der Waals surface area contributed by atoms with Gasteiger partial charge in [0.25, 0.3) is 5.56 Å². The Hall–Kier alpha value is -2.59. The average Bonchev–Trinajstić information content (AvgIpc) is 2.57. The van der Waals surface area contributed by atoms with E-state index in [2.05, 4.69) is 9.97 Å². The smallest absolute Gasteiger partial charge is 0.256 e. The molecule has 2 heterocycles. The number of aromatic nitrogens is 2. The van der Waals surface area contributed by atoms with Crippen molar-refractivity contribution in [2.75, 3.05) is 19.9 Å². The molecule has 26 heavy (non-hydrogen) atoms. The number of phenols is 2. The zero-order valence-electron chi connectivity index (χ0n) is 14.3. The number of aromatic hydroxyl groups is 2. The summed E-state index contributed by atoms with van der Waals surface area (Å²) in [6, 6.07) is 3.04. The van der Waals surface area contributed by atoms with Gasteiger partial charge in [-0.15, -0.1) is 0 Å². The molecular formula is C16H19N3O6S. The van der Waals surface area contributed by atoms with Crippen LogP contribution >= 0.6 is 0 Å². The SMILES string of the molecule is COc1cc(CN2CCc3nc(S(C)(=O)=O)[nH]c(=O)c3C2)cc(O)c1O. The largest absolute Gasteiger partial charge is 0.504 e. The van der Waals surface area contributed by atoms with Crippen molar-refractivity contribution in [3.8, 4) is 17.2 Å². The summed E-state index contributed by atoms with van der Waals surface area (Å²) < 4.78 is 28.2. The summed E-state index contributed by atoms with van der Waals surface area (Å²) in [6.45, 7) is 1.28. The molecular weight excluding hydrogens is 362 g/mol. The highest BCUT2D eigenvalue weighted by Gasteiger charge is 2.24. The summed E-state index contributed by atoms with van der Waals surface area (Å²) in [5, 5.41) is 19.2. The maximum atomic E-state index is 12.2. The van der Waals surface area contributed by atoms with Gasteiger partial charge in [-0.3, -0.25) is 14.7 Å². The van der Waals surface area contributed by atoms with E-state index in [-0.39, 0.29) is 22.4 Å². The third-order valence-electron chi connectivity index (χ3n) is 4.22. The van der Waals surface area contributed by atoms with Gasteiger partial charge in [0.15, 0.2) is 11.5 Å². The number of H-pyrrole nitrogens is 1. The summed E-state index contributed by atoms with van der Waals surface area (Å²) in [4.78, 5) is 20.6. The first-order chi connectivity index (χ1) is 12.2. The number of sulfone groups is 1. The first kappa shape index (κ1) is 18.2. The van der Waals surface area contributed by atoms with Gasteiger partial charge in [-0.1, -0.05) is 0 Å². The Labute approximate surface area is 149 Å². The van der Waals surface area contributed by atoms with Gasteiger partial charge in [-0.05, 0) is 17.7 Å². The molecule has 0 radical (unpaired) electrons. The minimum absolute atomic E-state index is 0.162. The molecule has 1 aliphatic rings. The third-order valence-corrected chi connectivity index (χ3v) is 5.11. The number of hydrogen-bond acceptors (Lipinski definition) is 8. The van der Waals surface area contributed by atoms with Crippen LogP contribution in [0.2, 0.25) is 0 Å². The van der Waals surface area contributed by atoms with Crippen LogP contribution in [0.15, 0.2) is 22.1 Å². The second-order valence-electron chi connectivity index (χ2n) is 6.19. The highest BCUT2D eigenvalue weighted by Crippen LogP contribution is 2.36. The van der Waals surface area contributed by atoms with Gasteiger partial charge in [-0.2, -0.15) is 0 Å². The number of benzene rings is 1. The zero-order valence-corrected chi connectivity index (χ0v) is 15.1. The molecule has 1 aliphatic heterocycles. The van der Waals surface area contributed by atoms with Gasteiger partial charge >= 0.3 is 0 Å². The summed E-state index contributed by atoms with van der Waals surface area (Å²) in [6.07, 6.45) is 1.43. The Morgan fingerprint density at radius 2 is 2.08 bits per heavy atom. The Bertz CT molecular complexity index is 1020. The standard InChI is InChI=1S/C16H19N3O6S/c1-25-13-6-9(5-12(20)14(13)21)7-19-4-3-11-10(8-19)15(22)18-16(17-11)26(2,23)24/h5-6,20-21H,3-4,7-8H2,1-2H3,(H,17,18,22). The van der Waals surface area contributed by atoms with Crippen molar-refractivity contribution in [1.82, 2.24) is 14.9 Å². The van der Waals surface area contributed by atoms with Crippen LogP contribution in [0.1, 0.15) is 16.8 Å². The van der Waals surface area contributed by atoms with E-state index in [0.29, 0.717) is 42.9 Å². The lowest BCUT2D eigenvalue weighted by Crippen LogP contribution is -2.36. The van der Waals surface area contributed by atoms with Crippen molar-refractivity contribution in [1.29, 1.82) is 0 Å². The Morgan fingerprint density at radius 1 is 1.35 bits per heavy atom. The summed E-state index contributed by atoms with van der Waals surface area (Å²) in [7, 11) is -2.19. The third kappa shape index (κ3) is 3.51. The number of hydrogen-bond donors (Lipinski definition) is 3. The molecule has 10 heteroatoms. The van der Waals surface area contributed by atoms with Crippen LogP contribution in [0.3, 0.4) is 0 Å². The van der Waals surface area contributed by atoms with Crippen LogP contribution in [0.25, 0.3) is 0 Å². The number of fused-ring (bicyclic) bond motifs is 1. The second kappa shape index (κ2) is 6.61. The van der Waals surface area contributed by atoms with Gasteiger partial charge < -0.3 is 14.9 Å². The van der Waals surface area contributed by atoms with Crippen molar-refractivity contribution >= 4 is 9.84 Å². The lowest BCUT2D eigenvalue weighted by atomic mass is 10.1. The van der Waals surface area contributed by atoms with Crippen LogP contribution in [0, 0.1) is 0 Å². The summed E-state index contributed by atoms with van der Waals surface area (Å²) in [5.74, 6) is -0.446. The number of ether oxygens (including phenoxy) is 1. The molecule has 0 bridgehead atoms. The fourth-order valence-electron chi connectivity index (χ4n) is 2.92. The van der Waals surface area contributed by atoms with E-state index < -0.39 is 15.4 Å². The normalized spacial score (nSPS) is 14.8. The number of nitrogens with zero attached hydrogens (tertiary/aromatic N) is 2. The predicted molar refractivity (Wildman–Crippen MR) is 92.1 cm³/mol. The lowest BCUT2D eigenvalue weighted by molar-refractivity contribution is 0.240. The van der Waals surface area contributed by atoms with Crippen LogP contribution in [-0.4, -0.2) is 53.4 Å². The molecule has 9 nitrogen and oxygen atoms in total. The Balaban J connectivity index is 1.86. The zero-order chi connectivity index (χ0) is 19.1. The molecule has 0 fully saturated rings. The molecule has 1 aromatic carbocycles. The molecule has 0 aliphatic carbocycles. The molecule has 0 atom stereocenters. The maximum absolute atomic E-state index is 12.2. The van der Waals surface area contributed by atoms with Crippen molar-refractivity contribution in [3.05, 3.63) is 39.3 Å². The van der Waals surface area contributed by atoms with E-state index in [1.807, 2.05) is 4.90 Å². The molecule has 0 saturated carbocycles. The molecule has 0 unspecified atom stereocenters. The number of phenolic OH excluding ortho intramolecular Hbond substituents is 2. The summed E-state index contributed by atoms with van der Waals surface area (Å²) >= 11 is 0. The molecule has 3 N–H and O–H groups in total. The number of rotatable bonds is 4. The van der Waals surface area contributed by atoms with E-state index in [0.717, 1.165) is 6.26 Å². The van der Waals surface area contributed by atoms with E-state index >= 15 is 0 Å². The second-order valence-corrected chi connectivity index (χ2v) is 8.13. The molecule has 3 rings (SSSR count). The molecule has 0 amide bonds. The maximum Gasteiger partial charge on any atom is 0.256 e. The minimum atomic E-state index is -3.58. The average molecular weight is 381 g/mol. The van der Waals surface area contributed by atoms with Crippen molar-refractivity contribution in [3.63, 3.8) is 0 Å². The molecule has 2 aromatic rings. The van der Waals surface area contributed by atoms with Crippen LogP contribution in [-0.2, 0) is 29.3 Å². The Morgan fingerprint density at radius 3 is 2.73 bits per heavy atom. The molecule has 0 saturated heterocycles. The van der Waals surface area contributed by atoms with Gasteiger partial charge in [0.2, 0.25) is 20.7 Å². The van der Waals surface area contributed by atoms with Gasteiger partial charge in [-0.25, -0.2) is 13.4 Å². The first-order valence-corrected chi connectivity index (χ1v) is 9.71. The van der Waals surface area contributed by atoms with Crippen LogP contribution < -0.4 is 10.3 Å². The van der Waals surface area contributed by atoms with E-state index in [1.54, 1.807) is 6.07 Å². The fourth-order valence-corrected chi connectivity index (χ4v) is 3.48. The van der Waals surface area contributed by atoms with E-state index in [4.69, 9.17) is 4.74 Å². The topological polar surface area (TPSA) is 133 Å². The predicted octanol–water partition coefficient (Wildman–Crippen LogP) is 0.152. The van der Waals surface area contributed by atoms with E-state index in [9.17, 15) is 23.4 Å². The first-order valence-electron chi connectivity index (χ1n) is 7.82.